The van der Waals surface area contributed by atoms with Crippen LogP contribution in [0.2, 0.25) is 0 Å². The van der Waals surface area contributed by atoms with Crippen LogP contribution in [0.3, 0.4) is 0 Å². The molecule has 128 valence electrons. The molecule has 1 aliphatic heterocycles. The molecule has 25 heavy (non-hydrogen) atoms. The third kappa shape index (κ3) is 4.10. The van der Waals surface area contributed by atoms with Gasteiger partial charge in [0.1, 0.15) is 4.60 Å². The molecule has 2 heterocycles. The molecule has 2 aromatic rings. The largest absolute Gasteiger partial charge is 0.448 e. The van der Waals surface area contributed by atoms with Crippen molar-refractivity contribution in [3.63, 3.8) is 0 Å². The summed E-state index contributed by atoms with van der Waals surface area (Å²) in [6.07, 6.45) is 1.58. The van der Waals surface area contributed by atoms with E-state index in [0.717, 1.165) is 0 Å². The number of halogens is 3. The zero-order chi connectivity index (χ0) is 18.1. The van der Waals surface area contributed by atoms with Crippen molar-refractivity contribution in [3.8, 4) is 11.5 Å². The Labute approximate surface area is 168 Å². The van der Waals surface area contributed by atoms with Gasteiger partial charge in [0, 0.05) is 6.92 Å². The van der Waals surface area contributed by atoms with Gasteiger partial charge in [-0.05, 0) is 83.7 Å². The van der Waals surface area contributed by atoms with E-state index < -0.39 is 11.9 Å². The Morgan fingerprint density at radius 1 is 1.24 bits per heavy atom. The number of carbonyl (C=O) groups is 2. The highest BCUT2D eigenvalue weighted by Gasteiger charge is 2.23. The van der Waals surface area contributed by atoms with Crippen molar-refractivity contribution in [2.24, 2.45) is 0 Å². The second kappa shape index (κ2) is 7.27. The van der Waals surface area contributed by atoms with E-state index in [0.29, 0.717) is 36.4 Å². The molecule has 0 unspecified atom stereocenters. The first-order valence-electron chi connectivity index (χ1n) is 6.88. The predicted molar refractivity (Wildman–Crippen MR) is 102 cm³/mol. The number of benzene rings is 1. The van der Waals surface area contributed by atoms with Gasteiger partial charge in [0.2, 0.25) is 0 Å². The van der Waals surface area contributed by atoms with Crippen molar-refractivity contribution >= 4 is 71.6 Å². The van der Waals surface area contributed by atoms with Crippen molar-refractivity contribution in [1.82, 2.24) is 4.98 Å². The van der Waals surface area contributed by atoms with Crippen LogP contribution in [0, 0.1) is 0 Å². The monoisotopic (exact) mass is 530 g/mol. The van der Waals surface area contributed by atoms with Gasteiger partial charge in [-0.25, -0.2) is 4.98 Å². The molecule has 0 atom stereocenters. The Morgan fingerprint density at radius 3 is 2.56 bits per heavy atom. The molecule has 1 aromatic carbocycles. The molecule has 1 aromatic heterocycles. The van der Waals surface area contributed by atoms with Crippen molar-refractivity contribution < 1.29 is 19.1 Å². The van der Waals surface area contributed by atoms with Crippen LogP contribution >= 0.6 is 47.8 Å². The number of carbonyl (C=O) groups excluding carboxylic acids is 2. The van der Waals surface area contributed by atoms with E-state index >= 15 is 0 Å². The number of nitrogens with one attached hydrogen (secondary N) is 1. The number of nitrogens with zero attached hydrogens (tertiary/aromatic N) is 1. The minimum absolute atomic E-state index is 0.121. The van der Waals surface area contributed by atoms with Gasteiger partial charge < -0.3 is 14.8 Å². The number of amides is 1. The normalized spacial score (nSPS) is 14.6. The van der Waals surface area contributed by atoms with E-state index in [1.165, 1.54) is 6.92 Å². The third-order valence-electron chi connectivity index (χ3n) is 3.06. The molecule has 3 rings (SSSR count). The molecule has 1 N–H and O–H groups in total. The van der Waals surface area contributed by atoms with Crippen molar-refractivity contribution in [2.45, 2.75) is 6.92 Å². The second-order valence-corrected chi connectivity index (χ2v) is 7.47. The average Bonchev–Trinajstić information content (AvgIpc) is 2.52. The fraction of sp³-hybridized carbons (Fsp3) is 0.0625. The van der Waals surface area contributed by atoms with Crippen molar-refractivity contribution in [2.75, 3.05) is 5.32 Å². The van der Waals surface area contributed by atoms with E-state index in [-0.39, 0.29) is 5.76 Å². The summed E-state index contributed by atoms with van der Waals surface area (Å²) in [6.45, 7) is 1.32. The summed E-state index contributed by atoms with van der Waals surface area (Å²) < 4.78 is 12.5. The Kier molecular flexibility index (Phi) is 5.26. The summed E-state index contributed by atoms with van der Waals surface area (Å²) >= 11 is 9.93. The zero-order valence-corrected chi connectivity index (χ0v) is 17.4. The molecule has 0 fully saturated rings. The molecule has 0 radical (unpaired) electrons. The van der Waals surface area contributed by atoms with Gasteiger partial charge in [0.15, 0.2) is 23.1 Å². The van der Waals surface area contributed by atoms with Crippen LogP contribution in [-0.4, -0.2) is 16.9 Å². The van der Waals surface area contributed by atoms with Crippen molar-refractivity contribution in [3.05, 3.63) is 49.1 Å². The molecule has 0 spiro atoms. The first-order chi connectivity index (χ1) is 11.8. The third-order valence-corrected chi connectivity index (χ3v) is 4.68. The molecule has 0 saturated heterocycles. The molecule has 9 heteroatoms. The van der Waals surface area contributed by atoms with Crippen LogP contribution in [0.5, 0.6) is 11.5 Å². The lowest BCUT2D eigenvalue weighted by Crippen LogP contribution is -2.24. The average molecular weight is 533 g/mol. The van der Waals surface area contributed by atoms with E-state index in [2.05, 4.69) is 58.1 Å². The zero-order valence-electron chi connectivity index (χ0n) is 12.6. The van der Waals surface area contributed by atoms with Gasteiger partial charge in [-0.15, -0.1) is 0 Å². The van der Waals surface area contributed by atoms with Gasteiger partial charge in [0.05, 0.1) is 8.95 Å². The van der Waals surface area contributed by atoms with Gasteiger partial charge in [-0.1, -0.05) is 0 Å². The standard InChI is InChI=1S/C16H9Br3N2O4/c1-7(22)24-14-9(17)4-8(5-10(14)18)6-12-16(23)21-15-11(25-12)2-3-13(19)20-15/h2-6H,1H3,(H,20,21,23). The highest BCUT2D eigenvalue weighted by molar-refractivity contribution is 9.11. The number of esters is 1. The van der Waals surface area contributed by atoms with Gasteiger partial charge in [-0.2, -0.15) is 0 Å². The van der Waals surface area contributed by atoms with E-state index in [1.54, 1.807) is 30.3 Å². The molecule has 1 amide bonds. The quantitative estimate of drug-likeness (QED) is 0.263. The molecule has 0 saturated carbocycles. The van der Waals surface area contributed by atoms with E-state index in [1.807, 2.05) is 0 Å². The smallest absolute Gasteiger partial charge is 0.308 e. The van der Waals surface area contributed by atoms with Crippen LogP contribution < -0.4 is 14.8 Å². The molecule has 1 aliphatic rings. The maximum absolute atomic E-state index is 12.2. The maximum Gasteiger partial charge on any atom is 0.308 e. The van der Waals surface area contributed by atoms with Crippen molar-refractivity contribution in [1.29, 1.82) is 0 Å². The molecule has 6 nitrogen and oxygen atoms in total. The Balaban J connectivity index is 1.94. The first-order valence-corrected chi connectivity index (χ1v) is 9.26. The van der Waals surface area contributed by atoms with Crippen LogP contribution in [0.15, 0.2) is 43.6 Å². The predicted octanol–water partition coefficient (Wildman–Crippen LogP) is 4.67. The highest BCUT2D eigenvalue weighted by Crippen LogP contribution is 2.36. The number of hydrogen-bond donors (Lipinski definition) is 1. The Bertz CT molecular complexity index is 905. The van der Waals surface area contributed by atoms with Gasteiger partial charge in [-0.3, -0.25) is 9.59 Å². The van der Waals surface area contributed by atoms with Crippen LogP contribution in [-0.2, 0) is 9.59 Å². The number of anilines is 1. The Morgan fingerprint density at radius 2 is 1.92 bits per heavy atom. The summed E-state index contributed by atoms with van der Waals surface area (Å²) in [7, 11) is 0. The molecular weight excluding hydrogens is 524 g/mol. The number of hydrogen-bond acceptors (Lipinski definition) is 5. The fourth-order valence-electron chi connectivity index (χ4n) is 2.08. The number of ether oxygens (including phenoxy) is 2. The summed E-state index contributed by atoms with van der Waals surface area (Å²) in [5.74, 6) is 0.443. The molecule has 0 aliphatic carbocycles. The molecule has 0 bridgehead atoms. The number of fused-ring (bicyclic) bond motifs is 1. The topological polar surface area (TPSA) is 77.5 Å². The SMILES string of the molecule is CC(=O)Oc1c(Br)cc(C=C2Oc3ccc(Br)nc3NC2=O)cc1Br. The summed E-state index contributed by atoms with van der Waals surface area (Å²) in [5.41, 5.74) is 0.674. The summed E-state index contributed by atoms with van der Waals surface area (Å²) in [5, 5.41) is 2.67. The van der Waals surface area contributed by atoms with Gasteiger partial charge in [0.25, 0.3) is 5.91 Å². The second-order valence-electron chi connectivity index (χ2n) is 4.95. The minimum Gasteiger partial charge on any atom is -0.448 e. The van der Waals surface area contributed by atoms with E-state index in [4.69, 9.17) is 9.47 Å². The maximum atomic E-state index is 12.2. The minimum atomic E-state index is -0.433. The Hall–Kier alpha value is -1.71. The first kappa shape index (κ1) is 18.1. The number of pyridine rings is 1. The fourth-order valence-corrected chi connectivity index (χ4v) is 3.77. The number of aromatic nitrogens is 1. The summed E-state index contributed by atoms with van der Waals surface area (Å²) in [6, 6.07) is 6.84. The lowest BCUT2D eigenvalue weighted by atomic mass is 10.2. The number of rotatable bonds is 2. The van der Waals surface area contributed by atoms with Crippen LogP contribution in [0.25, 0.3) is 6.08 Å². The summed E-state index contributed by atoms with van der Waals surface area (Å²) in [4.78, 5) is 27.5. The molecular formula is C16H9Br3N2O4. The lowest BCUT2D eigenvalue weighted by molar-refractivity contribution is -0.132. The lowest BCUT2D eigenvalue weighted by Gasteiger charge is -2.19. The van der Waals surface area contributed by atoms with Crippen LogP contribution in [0.1, 0.15) is 12.5 Å². The highest BCUT2D eigenvalue weighted by atomic mass is 79.9. The van der Waals surface area contributed by atoms with Crippen LogP contribution in [0.4, 0.5) is 5.82 Å². The van der Waals surface area contributed by atoms with E-state index in [9.17, 15) is 9.59 Å². The van der Waals surface area contributed by atoms with Gasteiger partial charge >= 0.3 is 5.97 Å².